The Balaban J connectivity index is 0.000000160. The Kier molecular flexibility index (Phi) is 4.40. The number of aromatic hydroxyl groups is 2. The van der Waals surface area contributed by atoms with Crippen molar-refractivity contribution in [2.24, 2.45) is 0 Å². The predicted molar refractivity (Wildman–Crippen MR) is 65.7 cm³/mol. The number of phenols is 2. The molecule has 2 rings (SSSR count). The SMILES string of the molecule is Cc1ccccc1O.Cc1ccccc1O. The summed E-state index contributed by atoms with van der Waals surface area (Å²) in [5.74, 6) is 0.736. The van der Waals surface area contributed by atoms with Gasteiger partial charge in [-0.2, -0.15) is 0 Å². The third-order valence-corrected chi connectivity index (χ3v) is 2.23. The molecule has 0 fully saturated rings. The molecular formula is C14H16O2. The van der Waals surface area contributed by atoms with Crippen LogP contribution in [0.3, 0.4) is 0 Å². The molecule has 2 aromatic rings. The van der Waals surface area contributed by atoms with Gasteiger partial charge in [0.1, 0.15) is 11.5 Å². The molecule has 0 atom stereocenters. The number of benzene rings is 2. The van der Waals surface area contributed by atoms with E-state index < -0.39 is 0 Å². The Bertz CT molecular complexity index is 364. The summed E-state index contributed by atoms with van der Waals surface area (Å²) >= 11 is 0. The molecule has 0 radical (unpaired) electrons. The molecule has 84 valence electrons. The molecule has 2 nitrogen and oxygen atoms in total. The zero-order valence-corrected chi connectivity index (χ0v) is 9.51. The molecule has 2 heteroatoms. The van der Waals surface area contributed by atoms with Crippen molar-refractivity contribution in [2.75, 3.05) is 0 Å². The second-order valence-corrected chi connectivity index (χ2v) is 3.57. The van der Waals surface area contributed by atoms with Gasteiger partial charge in [0.25, 0.3) is 0 Å². The van der Waals surface area contributed by atoms with E-state index in [1.807, 2.05) is 50.2 Å². The van der Waals surface area contributed by atoms with Crippen LogP contribution in [0.15, 0.2) is 48.5 Å². The molecular weight excluding hydrogens is 200 g/mol. The minimum Gasteiger partial charge on any atom is -0.508 e. The fraction of sp³-hybridized carbons (Fsp3) is 0.143. The first-order valence-corrected chi connectivity index (χ1v) is 5.10. The third kappa shape index (κ3) is 3.65. The van der Waals surface area contributed by atoms with Gasteiger partial charge in [-0.15, -0.1) is 0 Å². The van der Waals surface area contributed by atoms with E-state index in [-0.39, 0.29) is 0 Å². The van der Waals surface area contributed by atoms with Crippen molar-refractivity contribution in [3.63, 3.8) is 0 Å². The first kappa shape index (κ1) is 12.1. The van der Waals surface area contributed by atoms with Crippen molar-refractivity contribution in [1.82, 2.24) is 0 Å². The summed E-state index contributed by atoms with van der Waals surface area (Å²) in [6.07, 6.45) is 0. The molecule has 2 N–H and O–H groups in total. The van der Waals surface area contributed by atoms with Crippen LogP contribution in [0.4, 0.5) is 0 Å². The Labute approximate surface area is 95.8 Å². The van der Waals surface area contributed by atoms with Gasteiger partial charge in [0.2, 0.25) is 0 Å². The van der Waals surface area contributed by atoms with E-state index in [0.29, 0.717) is 11.5 Å². The maximum Gasteiger partial charge on any atom is 0.118 e. The second kappa shape index (κ2) is 5.81. The summed E-state index contributed by atoms with van der Waals surface area (Å²) in [5.41, 5.74) is 1.85. The fourth-order valence-electron chi connectivity index (χ4n) is 1.13. The highest BCUT2D eigenvalue weighted by Gasteiger charge is 1.87. The number of para-hydroxylation sites is 2. The van der Waals surface area contributed by atoms with Gasteiger partial charge in [0, 0.05) is 0 Å². The minimum atomic E-state index is 0.368. The molecule has 0 amide bonds. The molecule has 0 aliphatic rings. The Morgan fingerprint density at radius 3 is 1.12 bits per heavy atom. The maximum atomic E-state index is 8.92. The summed E-state index contributed by atoms with van der Waals surface area (Å²) < 4.78 is 0. The van der Waals surface area contributed by atoms with Crippen LogP contribution in [0.5, 0.6) is 11.5 Å². The summed E-state index contributed by atoms with van der Waals surface area (Å²) in [7, 11) is 0. The summed E-state index contributed by atoms with van der Waals surface area (Å²) in [5, 5.41) is 17.8. The van der Waals surface area contributed by atoms with Crippen LogP contribution in [0.25, 0.3) is 0 Å². The van der Waals surface area contributed by atoms with Crippen LogP contribution in [0.2, 0.25) is 0 Å². The number of hydrogen-bond donors (Lipinski definition) is 2. The van der Waals surface area contributed by atoms with Crippen molar-refractivity contribution in [3.8, 4) is 11.5 Å². The van der Waals surface area contributed by atoms with Crippen molar-refractivity contribution in [2.45, 2.75) is 13.8 Å². The summed E-state index contributed by atoms with van der Waals surface area (Å²) in [6, 6.07) is 14.5. The summed E-state index contributed by atoms with van der Waals surface area (Å²) in [6.45, 7) is 3.74. The van der Waals surface area contributed by atoms with E-state index in [4.69, 9.17) is 10.2 Å². The quantitative estimate of drug-likeness (QED) is 0.708. The molecule has 0 spiro atoms. The average molecular weight is 216 g/mol. The number of hydrogen-bond acceptors (Lipinski definition) is 2. The number of rotatable bonds is 0. The lowest BCUT2D eigenvalue weighted by molar-refractivity contribution is 0.470. The average Bonchev–Trinajstić information content (AvgIpc) is 2.28. The van der Waals surface area contributed by atoms with Crippen LogP contribution >= 0.6 is 0 Å². The normalized spacial score (nSPS) is 9.12. The fourth-order valence-corrected chi connectivity index (χ4v) is 1.13. The largest absolute Gasteiger partial charge is 0.508 e. The van der Waals surface area contributed by atoms with Crippen molar-refractivity contribution in [3.05, 3.63) is 59.7 Å². The summed E-state index contributed by atoms with van der Waals surface area (Å²) in [4.78, 5) is 0. The number of phenolic OH excluding ortho intramolecular Hbond substituents is 2. The van der Waals surface area contributed by atoms with Crippen molar-refractivity contribution < 1.29 is 10.2 Å². The zero-order valence-electron chi connectivity index (χ0n) is 9.51. The molecule has 0 aromatic heterocycles. The lowest BCUT2D eigenvalue weighted by Gasteiger charge is -1.92. The molecule has 0 aliphatic heterocycles. The molecule has 16 heavy (non-hydrogen) atoms. The topological polar surface area (TPSA) is 40.5 Å². The van der Waals surface area contributed by atoms with Gasteiger partial charge in [-0.05, 0) is 37.1 Å². The second-order valence-electron chi connectivity index (χ2n) is 3.57. The molecule has 0 aliphatic carbocycles. The minimum absolute atomic E-state index is 0.368. The van der Waals surface area contributed by atoms with Gasteiger partial charge in [-0.1, -0.05) is 36.4 Å². The molecule has 0 bridgehead atoms. The maximum absolute atomic E-state index is 8.92. The van der Waals surface area contributed by atoms with E-state index >= 15 is 0 Å². The Hall–Kier alpha value is -1.96. The third-order valence-electron chi connectivity index (χ3n) is 2.23. The standard InChI is InChI=1S/2C7H8O/c2*1-6-4-2-3-5-7(6)8/h2*2-5,8H,1H3. The monoisotopic (exact) mass is 216 g/mol. The Morgan fingerprint density at radius 2 is 0.938 bits per heavy atom. The molecule has 0 saturated heterocycles. The van der Waals surface area contributed by atoms with Gasteiger partial charge in [0.15, 0.2) is 0 Å². The zero-order chi connectivity index (χ0) is 12.0. The van der Waals surface area contributed by atoms with Gasteiger partial charge >= 0.3 is 0 Å². The lowest BCUT2D eigenvalue weighted by Crippen LogP contribution is -1.68. The van der Waals surface area contributed by atoms with Crippen molar-refractivity contribution >= 4 is 0 Å². The van der Waals surface area contributed by atoms with E-state index in [0.717, 1.165) is 11.1 Å². The van der Waals surface area contributed by atoms with Crippen LogP contribution in [0, 0.1) is 13.8 Å². The van der Waals surface area contributed by atoms with Crippen LogP contribution in [-0.2, 0) is 0 Å². The van der Waals surface area contributed by atoms with E-state index in [2.05, 4.69) is 0 Å². The highest BCUT2D eigenvalue weighted by Crippen LogP contribution is 2.12. The van der Waals surface area contributed by atoms with Gasteiger partial charge < -0.3 is 10.2 Å². The van der Waals surface area contributed by atoms with Crippen molar-refractivity contribution in [1.29, 1.82) is 0 Å². The smallest absolute Gasteiger partial charge is 0.118 e. The first-order valence-electron chi connectivity index (χ1n) is 5.10. The van der Waals surface area contributed by atoms with E-state index in [1.165, 1.54) is 0 Å². The number of aryl methyl sites for hydroxylation is 2. The molecule has 0 unspecified atom stereocenters. The lowest BCUT2D eigenvalue weighted by atomic mass is 10.2. The van der Waals surface area contributed by atoms with Gasteiger partial charge in [-0.3, -0.25) is 0 Å². The van der Waals surface area contributed by atoms with Gasteiger partial charge in [-0.25, -0.2) is 0 Å². The molecule has 0 heterocycles. The van der Waals surface area contributed by atoms with Crippen LogP contribution in [0.1, 0.15) is 11.1 Å². The highest BCUT2D eigenvalue weighted by atomic mass is 16.3. The highest BCUT2D eigenvalue weighted by molar-refractivity contribution is 5.30. The van der Waals surface area contributed by atoms with E-state index in [1.54, 1.807) is 12.1 Å². The van der Waals surface area contributed by atoms with Gasteiger partial charge in [0.05, 0.1) is 0 Å². The molecule has 0 saturated carbocycles. The van der Waals surface area contributed by atoms with E-state index in [9.17, 15) is 0 Å². The predicted octanol–water partition coefficient (Wildman–Crippen LogP) is 3.40. The van der Waals surface area contributed by atoms with Crippen LogP contribution < -0.4 is 0 Å². The Morgan fingerprint density at radius 1 is 0.625 bits per heavy atom. The molecule has 2 aromatic carbocycles. The van der Waals surface area contributed by atoms with Crippen LogP contribution in [-0.4, -0.2) is 10.2 Å². The first-order chi connectivity index (χ1) is 7.61.